The van der Waals surface area contributed by atoms with E-state index in [1.807, 2.05) is 5.38 Å². The summed E-state index contributed by atoms with van der Waals surface area (Å²) in [6.45, 7) is 6.22. The van der Waals surface area contributed by atoms with Crippen molar-refractivity contribution < 1.29 is 4.79 Å². The number of hydrogen-bond donors (Lipinski definition) is 2. The maximum Gasteiger partial charge on any atom is 0.259 e. The fraction of sp³-hybridized carbons (Fsp3) is 0.286. The minimum atomic E-state index is -0.308. The predicted octanol–water partition coefficient (Wildman–Crippen LogP) is 3.93. The molecule has 106 valence electrons. The average molecular weight is 310 g/mol. The van der Waals surface area contributed by atoms with Gasteiger partial charge in [-0.3, -0.25) is 10.1 Å². The first-order valence-corrected chi connectivity index (χ1v) is 7.35. The third-order valence-corrected chi connectivity index (χ3v) is 3.82. The summed E-state index contributed by atoms with van der Waals surface area (Å²) in [6.07, 6.45) is 0. The Morgan fingerprint density at radius 1 is 1.40 bits per heavy atom. The van der Waals surface area contributed by atoms with Crippen LogP contribution in [0.5, 0.6) is 0 Å². The van der Waals surface area contributed by atoms with Gasteiger partial charge in [-0.25, -0.2) is 4.98 Å². The second-order valence-electron chi connectivity index (χ2n) is 5.48. The number of nitrogens with two attached hydrogens (primary N) is 1. The molecule has 0 fully saturated rings. The van der Waals surface area contributed by atoms with E-state index < -0.39 is 0 Å². The number of hydrogen-bond acceptors (Lipinski definition) is 4. The van der Waals surface area contributed by atoms with E-state index in [0.29, 0.717) is 21.4 Å². The predicted molar refractivity (Wildman–Crippen MR) is 84.6 cm³/mol. The number of carbonyl (C=O) groups excluding carboxylic acids is 1. The van der Waals surface area contributed by atoms with Gasteiger partial charge < -0.3 is 5.73 Å². The molecular weight excluding hydrogens is 294 g/mol. The Bertz CT molecular complexity index is 646. The molecule has 1 aromatic heterocycles. The highest BCUT2D eigenvalue weighted by molar-refractivity contribution is 7.14. The highest BCUT2D eigenvalue weighted by Gasteiger charge is 2.19. The van der Waals surface area contributed by atoms with E-state index in [4.69, 9.17) is 17.3 Å². The molecule has 0 unspecified atom stereocenters. The van der Waals surface area contributed by atoms with Crippen molar-refractivity contribution in [3.05, 3.63) is 39.9 Å². The number of rotatable bonds is 2. The van der Waals surface area contributed by atoms with Crippen LogP contribution in [0.4, 0.5) is 10.8 Å². The van der Waals surface area contributed by atoms with Crippen molar-refractivity contribution >= 4 is 39.7 Å². The normalized spacial score (nSPS) is 11.4. The number of carbonyl (C=O) groups is 1. The first-order chi connectivity index (χ1) is 9.27. The third-order valence-electron chi connectivity index (χ3n) is 2.73. The van der Waals surface area contributed by atoms with Gasteiger partial charge in [-0.15, -0.1) is 11.3 Å². The molecule has 0 radical (unpaired) electrons. The summed E-state index contributed by atoms with van der Waals surface area (Å²) in [5, 5.41) is 5.61. The number of nitrogens with zero attached hydrogens (tertiary/aromatic N) is 1. The molecule has 1 aromatic carbocycles. The average Bonchev–Trinajstić information content (AvgIpc) is 2.80. The SMILES string of the molecule is CC(C)(C)c1csc(NC(=O)c2cc(N)ccc2Cl)n1. The van der Waals surface area contributed by atoms with Gasteiger partial charge in [0.1, 0.15) is 0 Å². The fourth-order valence-corrected chi connectivity index (χ4v) is 2.69. The largest absolute Gasteiger partial charge is 0.399 e. The standard InChI is InChI=1S/C14H16ClN3OS/c1-14(2,3)11-7-20-13(17-11)18-12(19)9-6-8(16)4-5-10(9)15/h4-7H,16H2,1-3H3,(H,17,18,19). The molecule has 0 aliphatic carbocycles. The number of halogens is 1. The van der Waals surface area contributed by atoms with Gasteiger partial charge in [-0.1, -0.05) is 32.4 Å². The van der Waals surface area contributed by atoms with Crippen LogP contribution in [-0.4, -0.2) is 10.9 Å². The van der Waals surface area contributed by atoms with Gasteiger partial charge in [-0.05, 0) is 18.2 Å². The number of anilines is 2. The molecule has 6 heteroatoms. The summed E-state index contributed by atoms with van der Waals surface area (Å²) in [6, 6.07) is 4.81. The highest BCUT2D eigenvalue weighted by atomic mass is 35.5. The summed E-state index contributed by atoms with van der Waals surface area (Å²) in [5.74, 6) is -0.308. The zero-order valence-electron chi connectivity index (χ0n) is 11.5. The Hall–Kier alpha value is -1.59. The van der Waals surface area contributed by atoms with Crippen molar-refractivity contribution in [3.8, 4) is 0 Å². The van der Waals surface area contributed by atoms with Crippen molar-refractivity contribution in [2.75, 3.05) is 11.1 Å². The van der Waals surface area contributed by atoms with Crippen molar-refractivity contribution in [3.63, 3.8) is 0 Å². The maximum atomic E-state index is 12.2. The van der Waals surface area contributed by atoms with E-state index >= 15 is 0 Å². The van der Waals surface area contributed by atoms with Crippen molar-refractivity contribution in [2.45, 2.75) is 26.2 Å². The molecule has 0 aliphatic heterocycles. The van der Waals surface area contributed by atoms with Gasteiger partial charge in [0.25, 0.3) is 5.91 Å². The number of nitrogens with one attached hydrogen (secondary N) is 1. The van der Waals surface area contributed by atoms with E-state index in [-0.39, 0.29) is 11.3 Å². The van der Waals surface area contributed by atoms with Gasteiger partial charge in [0.15, 0.2) is 5.13 Å². The van der Waals surface area contributed by atoms with Crippen LogP contribution in [0.1, 0.15) is 36.8 Å². The molecule has 0 saturated heterocycles. The van der Waals surface area contributed by atoms with Crippen LogP contribution in [0, 0.1) is 0 Å². The van der Waals surface area contributed by atoms with Crippen LogP contribution in [-0.2, 0) is 5.41 Å². The second-order valence-corrected chi connectivity index (χ2v) is 6.75. The molecule has 4 nitrogen and oxygen atoms in total. The van der Waals surface area contributed by atoms with E-state index in [9.17, 15) is 4.79 Å². The molecule has 0 bridgehead atoms. The second kappa shape index (κ2) is 5.42. The number of nitrogen functional groups attached to an aromatic ring is 1. The lowest BCUT2D eigenvalue weighted by Gasteiger charge is -2.14. The van der Waals surface area contributed by atoms with Gasteiger partial charge >= 0.3 is 0 Å². The van der Waals surface area contributed by atoms with Gasteiger partial charge in [0.2, 0.25) is 0 Å². The highest BCUT2D eigenvalue weighted by Crippen LogP contribution is 2.27. The van der Waals surface area contributed by atoms with Gasteiger partial charge in [0.05, 0.1) is 16.3 Å². The van der Waals surface area contributed by atoms with Crippen molar-refractivity contribution in [2.24, 2.45) is 0 Å². The Morgan fingerprint density at radius 3 is 2.70 bits per heavy atom. The molecule has 20 heavy (non-hydrogen) atoms. The molecule has 2 aromatic rings. The first kappa shape index (κ1) is 14.8. The molecule has 1 heterocycles. The van der Waals surface area contributed by atoms with Crippen LogP contribution in [0.2, 0.25) is 5.02 Å². The molecule has 1 amide bonds. The number of thiazole rings is 1. The Kier molecular flexibility index (Phi) is 4.01. The fourth-order valence-electron chi connectivity index (χ4n) is 1.56. The van der Waals surface area contributed by atoms with Crippen LogP contribution in [0.15, 0.2) is 23.6 Å². The molecule has 0 saturated carbocycles. The molecule has 3 N–H and O–H groups in total. The number of benzene rings is 1. The van der Waals surface area contributed by atoms with Gasteiger partial charge in [0, 0.05) is 16.5 Å². The van der Waals surface area contributed by atoms with Crippen LogP contribution >= 0.6 is 22.9 Å². The third kappa shape index (κ3) is 3.29. The Morgan fingerprint density at radius 2 is 2.10 bits per heavy atom. The zero-order valence-corrected chi connectivity index (χ0v) is 13.1. The maximum absolute atomic E-state index is 12.2. The van der Waals surface area contributed by atoms with Crippen molar-refractivity contribution in [1.29, 1.82) is 0 Å². The molecule has 0 spiro atoms. The molecular formula is C14H16ClN3OS. The summed E-state index contributed by atoms with van der Waals surface area (Å²) in [5.41, 5.74) is 7.40. The molecule has 2 rings (SSSR count). The van der Waals surface area contributed by atoms with E-state index in [1.54, 1.807) is 18.2 Å². The Labute approximate surface area is 127 Å². The molecule has 0 atom stereocenters. The number of aromatic nitrogens is 1. The van der Waals surface area contributed by atoms with Gasteiger partial charge in [-0.2, -0.15) is 0 Å². The van der Waals surface area contributed by atoms with Crippen LogP contribution in [0.3, 0.4) is 0 Å². The topological polar surface area (TPSA) is 68.0 Å². The molecule has 0 aliphatic rings. The van der Waals surface area contributed by atoms with E-state index in [2.05, 4.69) is 31.1 Å². The van der Waals surface area contributed by atoms with Crippen LogP contribution < -0.4 is 11.1 Å². The summed E-state index contributed by atoms with van der Waals surface area (Å²) < 4.78 is 0. The minimum absolute atomic E-state index is 0.0473. The minimum Gasteiger partial charge on any atom is -0.399 e. The Balaban J connectivity index is 2.20. The van der Waals surface area contributed by atoms with E-state index in [1.165, 1.54) is 11.3 Å². The lowest BCUT2D eigenvalue weighted by Crippen LogP contribution is -2.14. The number of amides is 1. The van der Waals surface area contributed by atoms with Crippen LogP contribution in [0.25, 0.3) is 0 Å². The van der Waals surface area contributed by atoms with E-state index in [0.717, 1.165) is 5.69 Å². The van der Waals surface area contributed by atoms with Crippen molar-refractivity contribution in [1.82, 2.24) is 4.98 Å². The lowest BCUT2D eigenvalue weighted by molar-refractivity contribution is 0.102. The zero-order chi connectivity index (χ0) is 14.9. The monoisotopic (exact) mass is 309 g/mol. The quantitative estimate of drug-likeness (QED) is 0.826. The summed E-state index contributed by atoms with van der Waals surface area (Å²) in [7, 11) is 0. The lowest BCUT2D eigenvalue weighted by atomic mass is 9.93. The smallest absolute Gasteiger partial charge is 0.259 e. The first-order valence-electron chi connectivity index (χ1n) is 6.10. The summed E-state index contributed by atoms with van der Waals surface area (Å²) in [4.78, 5) is 16.6. The summed E-state index contributed by atoms with van der Waals surface area (Å²) >= 11 is 7.39.